The Labute approximate surface area is 172 Å². The van der Waals surface area contributed by atoms with Crippen LogP contribution in [0.2, 0.25) is 0 Å². The summed E-state index contributed by atoms with van der Waals surface area (Å²) in [7, 11) is 0. The molecule has 0 amide bonds. The van der Waals surface area contributed by atoms with Crippen molar-refractivity contribution in [2.24, 2.45) is 0 Å². The minimum absolute atomic E-state index is 0.0279. The first-order valence-corrected chi connectivity index (χ1v) is 9.03. The topological polar surface area (TPSA) is 31.4 Å². The van der Waals surface area contributed by atoms with Gasteiger partial charge >= 0.3 is 12.4 Å². The molecule has 0 aliphatic heterocycles. The third-order valence-electron chi connectivity index (χ3n) is 3.32. The second kappa shape index (κ2) is 8.73. The average Bonchev–Trinajstić information content (AvgIpc) is 2.55. The smallest absolute Gasteiger partial charge is 0.421 e. The van der Waals surface area contributed by atoms with Crippen molar-refractivity contribution in [3.8, 4) is 17.4 Å². The highest BCUT2D eigenvalue weighted by atomic mass is 79.9. The molecule has 152 valence electrons. The van der Waals surface area contributed by atoms with Gasteiger partial charge in [-0.2, -0.15) is 26.3 Å². The first-order chi connectivity index (χ1) is 12.9. The first kappa shape index (κ1) is 22.5. The average molecular weight is 535 g/mol. The Morgan fingerprint density at radius 1 is 1.07 bits per heavy atom. The summed E-state index contributed by atoms with van der Waals surface area (Å²) in [5, 5.41) is 0. The molecule has 2 rings (SSSR count). The fourth-order valence-corrected chi connectivity index (χ4v) is 2.31. The molecular weight excluding hydrogens is 524 g/mol. The van der Waals surface area contributed by atoms with Crippen LogP contribution in [0.1, 0.15) is 16.7 Å². The number of halogens is 8. The summed E-state index contributed by atoms with van der Waals surface area (Å²) in [5.41, 5.74) is -2.58. The zero-order chi connectivity index (χ0) is 21.1. The Morgan fingerprint density at radius 2 is 1.75 bits per heavy atom. The standard InChI is InChI=1S/C17H11Br2F6NO2/c1-9-6-11(2-3-13(9)27-5-4-14(18)19)28-15-12(17(23,24)25)7-10(8-26-15)16(20,21)22/h2-4,6-8H,5H2,1H3. The van der Waals surface area contributed by atoms with E-state index in [1.165, 1.54) is 18.2 Å². The first-order valence-electron chi connectivity index (χ1n) is 7.45. The number of hydrogen-bond acceptors (Lipinski definition) is 3. The van der Waals surface area contributed by atoms with Crippen molar-refractivity contribution in [3.05, 3.63) is 56.6 Å². The fraction of sp³-hybridized carbons (Fsp3) is 0.235. The van der Waals surface area contributed by atoms with E-state index >= 15 is 0 Å². The van der Waals surface area contributed by atoms with Gasteiger partial charge in [-0.1, -0.05) is 0 Å². The Hall–Kier alpha value is -1.75. The number of rotatable bonds is 5. The van der Waals surface area contributed by atoms with Crippen molar-refractivity contribution < 1.29 is 35.8 Å². The van der Waals surface area contributed by atoms with Gasteiger partial charge in [0.05, 0.1) is 8.96 Å². The lowest BCUT2D eigenvalue weighted by Crippen LogP contribution is -2.13. The van der Waals surface area contributed by atoms with Crippen LogP contribution < -0.4 is 9.47 Å². The highest BCUT2D eigenvalue weighted by Gasteiger charge is 2.40. The van der Waals surface area contributed by atoms with Gasteiger partial charge in [0.2, 0.25) is 5.88 Å². The van der Waals surface area contributed by atoms with E-state index in [1.54, 1.807) is 13.0 Å². The van der Waals surface area contributed by atoms with Gasteiger partial charge in [0.15, 0.2) is 0 Å². The number of alkyl halides is 6. The highest BCUT2D eigenvalue weighted by Crippen LogP contribution is 2.40. The number of benzene rings is 1. The molecule has 0 atom stereocenters. The lowest BCUT2D eigenvalue weighted by Gasteiger charge is -2.16. The number of ether oxygens (including phenoxy) is 2. The van der Waals surface area contributed by atoms with E-state index in [0.717, 1.165) is 0 Å². The molecule has 0 aliphatic rings. The summed E-state index contributed by atoms with van der Waals surface area (Å²) in [6.07, 6.45) is -8.05. The third kappa shape index (κ3) is 6.13. The van der Waals surface area contributed by atoms with E-state index in [-0.39, 0.29) is 18.4 Å². The van der Waals surface area contributed by atoms with Crippen molar-refractivity contribution in [1.82, 2.24) is 4.98 Å². The van der Waals surface area contributed by atoms with Crippen LogP contribution >= 0.6 is 31.9 Å². The van der Waals surface area contributed by atoms with Crippen LogP contribution in [0.4, 0.5) is 26.3 Å². The van der Waals surface area contributed by atoms with E-state index in [4.69, 9.17) is 9.47 Å². The number of hydrogen-bond donors (Lipinski definition) is 0. The van der Waals surface area contributed by atoms with Crippen LogP contribution in [0.3, 0.4) is 0 Å². The fourth-order valence-electron chi connectivity index (χ4n) is 2.05. The number of aromatic nitrogens is 1. The van der Waals surface area contributed by atoms with Crippen LogP contribution in [0.5, 0.6) is 17.4 Å². The molecule has 1 heterocycles. The van der Waals surface area contributed by atoms with Gasteiger partial charge in [-0.15, -0.1) is 0 Å². The lowest BCUT2D eigenvalue weighted by atomic mass is 10.2. The molecule has 1 aromatic heterocycles. The summed E-state index contributed by atoms with van der Waals surface area (Å²) in [5.74, 6) is -0.541. The Bertz CT molecular complexity index is 877. The van der Waals surface area contributed by atoms with Gasteiger partial charge < -0.3 is 9.47 Å². The maximum Gasteiger partial charge on any atom is 0.421 e. The minimum atomic E-state index is -5.07. The zero-order valence-corrected chi connectivity index (χ0v) is 17.1. The molecule has 1 aromatic carbocycles. The van der Waals surface area contributed by atoms with E-state index < -0.39 is 29.4 Å². The van der Waals surface area contributed by atoms with Gasteiger partial charge in [0.25, 0.3) is 0 Å². The predicted octanol–water partition coefficient (Wildman–Crippen LogP) is 7.23. The summed E-state index contributed by atoms with van der Waals surface area (Å²) in [4.78, 5) is 3.22. The molecule has 0 saturated heterocycles. The van der Waals surface area contributed by atoms with E-state index in [9.17, 15) is 26.3 Å². The minimum Gasteiger partial charge on any atom is -0.489 e. The molecule has 3 nitrogen and oxygen atoms in total. The Morgan fingerprint density at radius 3 is 2.29 bits per heavy atom. The van der Waals surface area contributed by atoms with Gasteiger partial charge in [-0.3, -0.25) is 0 Å². The van der Waals surface area contributed by atoms with E-state index in [0.29, 0.717) is 20.9 Å². The molecule has 0 radical (unpaired) electrons. The molecule has 0 fully saturated rings. The summed E-state index contributed by atoms with van der Waals surface area (Å²) in [6, 6.07) is 4.16. The molecule has 0 saturated carbocycles. The normalized spacial score (nSPS) is 11.9. The quantitative estimate of drug-likeness (QED) is 0.379. The molecular formula is C17H11Br2F6NO2. The van der Waals surface area contributed by atoms with Gasteiger partial charge in [-0.25, -0.2) is 4.98 Å². The molecule has 0 spiro atoms. The van der Waals surface area contributed by atoms with Crippen LogP contribution in [0.15, 0.2) is 39.9 Å². The van der Waals surface area contributed by atoms with Crippen LogP contribution in [0, 0.1) is 6.92 Å². The number of pyridine rings is 1. The molecule has 28 heavy (non-hydrogen) atoms. The predicted molar refractivity (Wildman–Crippen MR) is 96.9 cm³/mol. The molecule has 0 bridgehead atoms. The zero-order valence-electron chi connectivity index (χ0n) is 14.0. The molecule has 0 aliphatic carbocycles. The third-order valence-corrected chi connectivity index (χ3v) is 3.97. The highest BCUT2D eigenvalue weighted by molar-refractivity contribution is 9.28. The lowest BCUT2D eigenvalue weighted by molar-refractivity contribution is -0.144. The largest absolute Gasteiger partial charge is 0.489 e. The maximum atomic E-state index is 13.1. The Kier molecular flexibility index (Phi) is 7.02. The summed E-state index contributed by atoms with van der Waals surface area (Å²) >= 11 is 6.33. The maximum absolute atomic E-state index is 13.1. The van der Waals surface area contributed by atoms with Crippen molar-refractivity contribution in [3.63, 3.8) is 0 Å². The molecule has 0 N–H and O–H groups in total. The molecule has 11 heteroatoms. The van der Waals surface area contributed by atoms with Crippen LogP contribution in [-0.4, -0.2) is 11.6 Å². The van der Waals surface area contributed by atoms with Gasteiger partial charge in [-0.05, 0) is 74.7 Å². The van der Waals surface area contributed by atoms with Gasteiger partial charge in [0.1, 0.15) is 23.7 Å². The van der Waals surface area contributed by atoms with Crippen molar-refractivity contribution >= 4 is 31.9 Å². The van der Waals surface area contributed by atoms with E-state index in [2.05, 4.69) is 36.8 Å². The monoisotopic (exact) mass is 533 g/mol. The molecule has 0 unspecified atom stereocenters. The van der Waals surface area contributed by atoms with Crippen molar-refractivity contribution in [2.45, 2.75) is 19.3 Å². The summed E-state index contributed by atoms with van der Waals surface area (Å²) in [6.45, 7) is 1.87. The van der Waals surface area contributed by atoms with Crippen LogP contribution in [0.25, 0.3) is 0 Å². The Balaban J connectivity index is 2.30. The second-order valence-corrected chi connectivity index (χ2v) is 8.18. The summed E-state index contributed by atoms with van der Waals surface area (Å²) < 4.78 is 88.8. The van der Waals surface area contributed by atoms with Crippen molar-refractivity contribution in [2.75, 3.05) is 6.61 Å². The van der Waals surface area contributed by atoms with Gasteiger partial charge in [0, 0.05) is 6.20 Å². The number of nitrogens with zero attached hydrogens (tertiary/aromatic N) is 1. The SMILES string of the molecule is Cc1cc(Oc2ncc(C(F)(F)F)cc2C(F)(F)F)ccc1OCC=C(Br)Br. The van der Waals surface area contributed by atoms with E-state index in [1.807, 2.05) is 0 Å². The molecule has 2 aromatic rings. The second-order valence-electron chi connectivity index (χ2n) is 5.41. The van der Waals surface area contributed by atoms with Crippen LogP contribution in [-0.2, 0) is 12.4 Å². The number of aryl methyl sites for hydroxylation is 1. The van der Waals surface area contributed by atoms with Crippen molar-refractivity contribution in [1.29, 1.82) is 0 Å².